The molecule has 0 radical (unpaired) electrons. The van der Waals surface area contributed by atoms with E-state index in [2.05, 4.69) is 40.3 Å². The number of ether oxygens (including phenoxy) is 1. The summed E-state index contributed by atoms with van der Waals surface area (Å²) in [5.74, 6) is 0.910. The zero-order valence-electron chi connectivity index (χ0n) is 11.8. The van der Waals surface area contributed by atoms with Crippen LogP contribution >= 0.6 is 22.7 Å². The Bertz CT molecular complexity index is 688. The van der Waals surface area contributed by atoms with E-state index >= 15 is 0 Å². The number of hydrogen-bond acceptors (Lipinski definition) is 4. The van der Waals surface area contributed by atoms with Crippen LogP contribution in [0.1, 0.15) is 11.8 Å². The van der Waals surface area contributed by atoms with E-state index in [4.69, 9.17) is 4.74 Å². The molecule has 0 unspecified atom stereocenters. The van der Waals surface area contributed by atoms with Crippen molar-refractivity contribution in [3.63, 3.8) is 0 Å². The summed E-state index contributed by atoms with van der Waals surface area (Å²) in [6.07, 6.45) is 0. The summed E-state index contributed by atoms with van der Waals surface area (Å²) in [5, 5.41) is 7.79. The maximum absolute atomic E-state index is 5.52. The summed E-state index contributed by atoms with van der Waals surface area (Å²) in [4.78, 5) is 2.66. The van der Waals surface area contributed by atoms with Crippen LogP contribution in [-0.2, 0) is 6.54 Å². The summed E-state index contributed by atoms with van der Waals surface area (Å²) < 4.78 is 5.52. The van der Waals surface area contributed by atoms with E-state index in [1.165, 1.54) is 15.3 Å². The minimum atomic E-state index is 0.693. The van der Waals surface area contributed by atoms with Gasteiger partial charge in [0.25, 0.3) is 0 Å². The van der Waals surface area contributed by atoms with Gasteiger partial charge in [0.05, 0.1) is 6.61 Å². The van der Waals surface area contributed by atoms with E-state index in [0.29, 0.717) is 6.61 Å². The van der Waals surface area contributed by atoms with Crippen molar-refractivity contribution in [2.24, 2.45) is 0 Å². The highest BCUT2D eigenvalue weighted by atomic mass is 32.1. The van der Waals surface area contributed by atoms with Gasteiger partial charge in [0.15, 0.2) is 0 Å². The Morgan fingerprint density at radius 1 is 1.10 bits per heavy atom. The summed E-state index contributed by atoms with van der Waals surface area (Å²) >= 11 is 3.58. The third kappa shape index (κ3) is 3.65. The quantitative estimate of drug-likeness (QED) is 0.649. The Balaban J connectivity index is 1.64. The fourth-order valence-electron chi connectivity index (χ4n) is 2.10. The Kier molecular flexibility index (Phi) is 4.58. The number of thiophene rings is 2. The monoisotopic (exact) mass is 315 g/mol. The summed E-state index contributed by atoms with van der Waals surface area (Å²) in [5.41, 5.74) is 2.40. The van der Waals surface area contributed by atoms with Gasteiger partial charge in [0, 0.05) is 33.6 Å². The van der Waals surface area contributed by atoms with Crippen LogP contribution in [0.15, 0.2) is 53.2 Å². The minimum Gasteiger partial charge on any atom is -0.494 e. The summed E-state index contributed by atoms with van der Waals surface area (Å²) in [6.45, 7) is 3.53. The number of nitrogens with one attached hydrogen (secondary N) is 1. The molecule has 0 spiro atoms. The Labute approximate surface area is 133 Å². The molecule has 2 nitrogen and oxygen atoms in total. The van der Waals surface area contributed by atoms with Gasteiger partial charge in [0.2, 0.25) is 0 Å². The van der Waals surface area contributed by atoms with E-state index in [1.807, 2.05) is 25.1 Å². The van der Waals surface area contributed by atoms with Crippen molar-refractivity contribution in [3.05, 3.63) is 58.1 Å². The van der Waals surface area contributed by atoms with Gasteiger partial charge in [-0.15, -0.1) is 22.7 Å². The molecule has 1 N–H and O–H groups in total. The van der Waals surface area contributed by atoms with Gasteiger partial charge >= 0.3 is 0 Å². The number of anilines is 1. The van der Waals surface area contributed by atoms with Gasteiger partial charge in [0.1, 0.15) is 5.75 Å². The van der Waals surface area contributed by atoms with Crippen LogP contribution in [-0.4, -0.2) is 6.61 Å². The SMILES string of the molecule is CCOc1cccc(NCc2cc(-c3cccs3)cs2)c1. The second-order valence-corrected chi connectivity index (χ2v) is 6.54. The van der Waals surface area contributed by atoms with Gasteiger partial charge in [-0.2, -0.15) is 0 Å². The van der Waals surface area contributed by atoms with Crippen molar-refractivity contribution in [2.75, 3.05) is 11.9 Å². The molecule has 21 heavy (non-hydrogen) atoms. The molecular formula is C17H17NOS2. The maximum atomic E-state index is 5.52. The average molecular weight is 315 g/mol. The molecule has 4 heteroatoms. The van der Waals surface area contributed by atoms with Crippen LogP contribution in [0.4, 0.5) is 5.69 Å². The van der Waals surface area contributed by atoms with Crippen LogP contribution in [0.25, 0.3) is 10.4 Å². The largest absolute Gasteiger partial charge is 0.494 e. The Morgan fingerprint density at radius 3 is 2.86 bits per heavy atom. The molecule has 0 amide bonds. The number of benzene rings is 1. The molecule has 0 bridgehead atoms. The zero-order chi connectivity index (χ0) is 14.5. The Hall–Kier alpha value is -1.78. The third-order valence-corrected chi connectivity index (χ3v) is 4.93. The lowest BCUT2D eigenvalue weighted by Gasteiger charge is -2.07. The highest BCUT2D eigenvalue weighted by Gasteiger charge is 2.03. The molecule has 0 fully saturated rings. The van der Waals surface area contributed by atoms with E-state index in [1.54, 1.807) is 22.7 Å². The predicted octanol–water partition coefficient (Wildman–Crippen LogP) is 5.49. The predicted molar refractivity (Wildman–Crippen MR) is 92.6 cm³/mol. The highest BCUT2D eigenvalue weighted by molar-refractivity contribution is 7.14. The molecular weight excluding hydrogens is 298 g/mol. The molecule has 0 saturated carbocycles. The average Bonchev–Trinajstić information content (AvgIpc) is 3.17. The fourth-order valence-corrected chi connectivity index (χ4v) is 3.71. The first-order chi connectivity index (χ1) is 10.3. The van der Waals surface area contributed by atoms with Crippen molar-refractivity contribution in [1.82, 2.24) is 0 Å². The number of rotatable bonds is 6. The van der Waals surface area contributed by atoms with Crippen molar-refractivity contribution in [3.8, 4) is 16.2 Å². The zero-order valence-corrected chi connectivity index (χ0v) is 13.5. The van der Waals surface area contributed by atoms with Gasteiger partial charge in [-0.25, -0.2) is 0 Å². The fraction of sp³-hybridized carbons (Fsp3) is 0.176. The summed E-state index contributed by atoms with van der Waals surface area (Å²) in [7, 11) is 0. The molecule has 0 aliphatic heterocycles. The lowest BCUT2D eigenvalue weighted by atomic mass is 10.2. The topological polar surface area (TPSA) is 21.3 Å². The summed E-state index contributed by atoms with van der Waals surface area (Å²) in [6, 6.07) is 14.6. The third-order valence-electron chi connectivity index (χ3n) is 3.07. The van der Waals surface area contributed by atoms with Crippen LogP contribution in [0.2, 0.25) is 0 Å². The molecule has 3 rings (SSSR count). The molecule has 1 aromatic carbocycles. The van der Waals surface area contributed by atoms with E-state index in [9.17, 15) is 0 Å². The van der Waals surface area contributed by atoms with Gasteiger partial charge < -0.3 is 10.1 Å². The Morgan fingerprint density at radius 2 is 2.05 bits per heavy atom. The molecule has 0 saturated heterocycles. The highest BCUT2D eigenvalue weighted by Crippen LogP contribution is 2.29. The van der Waals surface area contributed by atoms with E-state index in [-0.39, 0.29) is 0 Å². The minimum absolute atomic E-state index is 0.693. The lowest BCUT2D eigenvalue weighted by molar-refractivity contribution is 0.340. The van der Waals surface area contributed by atoms with Gasteiger partial charge in [-0.05, 0) is 41.9 Å². The second-order valence-electron chi connectivity index (χ2n) is 4.59. The van der Waals surface area contributed by atoms with Crippen LogP contribution in [0.3, 0.4) is 0 Å². The smallest absolute Gasteiger partial charge is 0.121 e. The standard InChI is InChI=1S/C17H17NOS2/c1-2-19-15-6-3-5-14(10-15)18-11-16-9-13(12-21-16)17-7-4-8-20-17/h3-10,12,18H,2,11H2,1H3. The van der Waals surface area contributed by atoms with Gasteiger partial charge in [-0.3, -0.25) is 0 Å². The molecule has 108 valence electrons. The molecule has 0 aliphatic carbocycles. The normalized spacial score (nSPS) is 10.5. The lowest BCUT2D eigenvalue weighted by Crippen LogP contribution is -1.98. The van der Waals surface area contributed by atoms with E-state index in [0.717, 1.165) is 18.0 Å². The van der Waals surface area contributed by atoms with Crippen LogP contribution in [0.5, 0.6) is 5.75 Å². The maximum Gasteiger partial charge on any atom is 0.121 e. The van der Waals surface area contributed by atoms with Crippen molar-refractivity contribution < 1.29 is 4.74 Å². The first-order valence-electron chi connectivity index (χ1n) is 6.93. The van der Waals surface area contributed by atoms with Crippen molar-refractivity contribution in [1.29, 1.82) is 0 Å². The van der Waals surface area contributed by atoms with Crippen LogP contribution in [0, 0.1) is 0 Å². The molecule has 2 aromatic heterocycles. The molecule has 0 atom stereocenters. The van der Waals surface area contributed by atoms with Crippen molar-refractivity contribution in [2.45, 2.75) is 13.5 Å². The molecule has 3 aromatic rings. The number of hydrogen-bond donors (Lipinski definition) is 1. The first kappa shape index (κ1) is 14.2. The molecule has 0 aliphatic rings. The van der Waals surface area contributed by atoms with Gasteiger partial charge in [-0.1, -0.05) is 12.1 Å². The second kappa shape index (κ2) is 6.78. The first-order valence-corrected chi connectivity index (χ1v) is 8.69. The van der Waals surface area contributed by atoms with Crippen LogP contribution < -0.4 is 10.1 Å². The van der Waals surface area contributed by atoms with Crippen molar-refractivity contribution >= 4 is 28.4 Å². The molecule has 2 heterocycles. The van der Waals surface area contributed by atoms with E-state index < -0.39 is 0 Å².